The van der Waals surface area contributed by atoms with E-state index in [1.165, 1.54) is 0 Å². The number of benzene rings is 1. The number of hydrogen-bond acceptors (Lipinski definition) is 4. The molecule has 0 unspecified atom stereocenters. The van der Waals surface area contributed by atoms with Crippen LogP contribution < -0.4 is 4.90 Å². The summed E-state index contributed by atoms with van der Waals surface area (Å²) in [7, 11) is 0. The van der Waals surface area contributed by atoms with Gasteiger partial charge in [0.1, 0.15) is 5.82 Å². The first-order chi connectivity index (χ1) is 14.5. The van der Waals surface area contributed by atoms with Crippen molar-refractivity contribution in [3.63, 3.8) is 0 Å². The van der Waals surface area contributed by atoms with Crippen LogP contribution in [0.5, 0.6) is 0 Å². The summed E-state index contributed by atoms with van der Waals surface area (Å²) < 4.78 is 0. The number of para-hydroxylation sites is 1. The highest BCUT2D eigenvalue weighted by Crippen LogP contribution is 2.25. The standard InChI is InChI=1S/C24H32N4O2/c1-18(2)23-25-15-21(16-26-23)24(30)27-13-9-5-4-6-10-14-28(19(3)29)22-12-8-7-11-20(22)17-27/h7-8,11-12,15-16,18H,4-6,9-10,13-14,17H2,1-3H3. The maximum Gasteiger partial charge on any atom is 0.257 e. The van der Waals surface area contributed by atoms with Crippen molar-refractivity contribution in [1.29, 1.82) is 0 Å². The van der Waals surface area contributed by atoms with E-state index >= 15 is 0 Å². The highest BCUT2D eigenvalue weighted by molar-refractivity contribution is 5.94. The highest BCUT2D eigenvalue weighted by atomic mass is 16.2. The summed E-state index contributed by atoms with van der Waals surface area (Å²) in [6.45, 7) is 7.53. The summed E-state index contributed by atoms with van der Waals surface area (Å²) in [5, 5.41) is 0. The second-order valence-corrected chi connectivity index (χ2v) is 8.28. The van der Waals surface area contributed by atoms with E-state index in [9.17, 15) is 9.59 Å². The molecule has 0 atom stereocenters. The maximum atomic E-state index is 13.3. The Morgan fingerprint density at radius 2 is 1.57 bits per heavy atom. The lowest BCUT2D eigenvalue weighted by Crippen LogP contribution is -2.35. The summed E-state index contributed by atoms with van der Waals surface area (Å²) >= 11 is 0. The second-order valence-electron chi connectivity index (χ2n) is 8.28. The van der Waals surface area contributed by atoms with Crippen LogP contribution in [0.4, 0.5) is 5.69 Å². The number of carbonyl (C=O) groups excluding carboxylic acids is 2. The Morgan fingerprint density at radius 1 is 0.933 bits per heavy atom. The van der Waals surface area contributed by atoms with Crippen LogP contribution in [0.2, 0.25) is 0 Å². The van der Waals surface area contributed by atoms with Gasteiger partial charge in [-0.25, -0.2) is 9.97 Å². The monoisotopic (exact) mass is 408 g/mol. The Morgan fingerprint density at radius 3 is 2.23 bits per heavy atom. The van der Waals surface area contributed by atoms with Gasteiger partial charge in [-0.1, -0.05) is 51.3 Å². The summed E-state index contributed by atoms with van der Waals surface area (Å²) in [6, 6.07) is 7.90. The molecule has 1 aromatic heterocycles. The Kier molecular flexibility index (Phi) is 7.55. The molecule has 0 spiro atoms. The average Bonchev–Trinajstić information content (AvgIpc) is 2.73. The van der Waals surface area contributed by atoms with E-state index in [1.54, 1.807) is 19.3 Å². The SMILES string of the molecule is CC(=O)N1CCCCCCCN(C(=O)c2cnc(C(C)C)nc2)Cc2ccccc21. The summed E-state index contributed by atoms with van der Waals surface area (Å²) in [5.74, 6) is 0.935. The second kappa shape index (κ2) is 10.3. The van der Waals surface area contributed by atoms with Crippen LogP contribution >= 0.6 is 0 Å². The Bertz CT molecular complexity index is 864. The van der Waals surface area contributed by atoms with E-state index in [4.69, 9.17) is 0 Å². The molecular formula is C24H32N4O2. The number of rotatable bonds is 2. The van der Waals surface area contributed by atoms with E-state index in [0.29, 0.717) is 25.2 Å². The topological polar surface area (TPSA) is 66.4 Å². The van der Waals surface area contributed by atoms with Crippen LogP contribution in [-0.2, 0) is 11.3 Å². The van der Waals surface area contributed by atoms with Crippen LogP contribution in [0.1, 0.15) is 80.5 Å². The van der Waals surface area contributed by atoms with Gasteiger partial charge >= 0.3 is 0 Å². The molecule has 6 nitrogen and oxygen atoms in total. The van der Waals surface area contributed by atoms with Gasteiger partial charge in [0.15, 0.2) is 0 Å². The zero-order chi connectivity index (χ0) is 21.5. The van der Waals surface area contributed by atoms with Crippen molar-refractivity contribution in [2.24, 2.45) is 0 Å². The van der Waals surface area contributed by atoms with Crippen molar-refractivity contribution in [3.8, 4) is 0 Å². The predicted octanol–water partition coefficient (Wildman–Crippen LogP) is 4.56. The summed E-state index contributed by atoms with van der Waals surface area (Å²) in [6.07, 6.45) is 8.51. The smallest absolute Gasteiger partial charge is 0.257 e. The third-order valence-corrected chi connectivity index (χ3v) is 5.56. The predicted molar refractivity (Wildman–Crippen MR) is 118 cm³/mol. The molecule has 0 aliphatic carbocycles. The summed E-state index contributed by atoms with van der Waals surface area (Å²) in [4.78, 5) is 38.1. The molecule has 0 saturated heterocycles. The van der Waals surface area contributed by atoms with Gasteiger partial charge in [-0.05, 0) is 24.5 Å². The minimum atomic E-state index is -0.0634. The fourth-order valence-corrected chi connectivity index (χ4v) is 3.85. The molecule has 0 fully saturated rings. The lowest BCUT2D eigenvalue weighted by atomic mass is 10.1. The van der Waals surface area contributed by atoms with Gasteiger partial charge in [-0.15, -0.1) is 0 Å². The molecule has 2 heterocycles. The van der Waals surface area contributed by atoms with Crippen molar-refractivity contribution < 1.29 is 9.59 Å². The maximum absolute atomic E-state index is 13.3. The number of hydrogen-bond donors (Lipinski definition) is 0. The third-order valence-electron chi connectivity index (χ3n) is 5.56. The van der Waals surface area contributed by atoms with Gasteiger partial charge in [0.05, 0.1) is 5.56 Å². The zero-order valence-corrected chi connectivity index (χ0v) is 18.3. The van der Waals surface area contributed by atoms with Crippen LogP contribution in [-0.4, -0.2) is 39.8 Å². The molecule has 2 aromatic rings. The van der Waals surface area contributed by atoms with E-state index in [1.807, 2.05) is 47.9 Å². The van der Waals surface area contributed by atoms with E-state index in [2.05, 4.69) is 9.97 Å². The fourth-order valence-electron chi connectivity index (χ4n) is 3.85. The van der Waals surface area contributed by atoms with Crippen LogP contribution in [0, 0.1) is 0 Å². The lowest BCUT2D eigenvalue weighted by Gasteiger charge is -2.29. The van der Waals surface area contributed by atoms with Crippen molar-refractivity contribution in [2.45, 2.75) is 65.3 Å². The number of amides is 2. The average molecular weight is 409 g/mol. The fraction of sp³-hybridized carbons (Fsp3) is 0.500. The van der Waals surface area contributed by atoms with Crippen LogP contribution in [0.25, 0.3) is 0 Å². The van der Waals surface area contributed by atoms with Gasteiger partial charge in [0, 0.05) is 50.6 Å². The lowest BCUT2D eigenvalue weighted by molar-refractivity contribution is -0.116. The van der Waals surface area contributed by atoms with Gasteiger partial charge in [0.2, 0.25) is 5.91 Å². The van der Waals surface area contributed by atoms with Gasteiger partial charge < -0.3 is 9.80 Å². The molecule has 1 aliphatic heterocycles. The van der Waals surface area contributed by atoms with Crippen LogP contribution in [0.3, 0.4) is 0 Å². The number of nitrogens with zero attached hydrogens (tertiary/aromatic N) is 4. The molecule has 1 aliphatic rings. The molecule has 0 bridgehead atoms. The van der Waals surface area contributed by atoms with E-state index < -0.39 is 0 Å². The molecule has 0 saturated carbocycles. The molecule has 0 radical (unpaired) electrons. The van der Waals surface area contributed by atoms with Gasteiger partial charge in [-0.3, -0.25) is 9.59 Å². The van der Waals surface area contributed by atoms with Crippen LogP contribution in [0.15, 0.2) is 36.7 Å². The summed E-state index contributed by atoms with van der Waals surface area (Å²) in [5.41, 5.74) is 2.39. The van der Waals surface area contributed by atoms with Crippen molar-refractivity contribution in [2.75, 3.05) is 18.0 Å². The number of fused-ring (bicyclic) bond motifs is 1. The minimum Gasteiger partial charge on any atom is -0.334 e. The molecule has 160 valence electrons. The molecule has 3 rings (SSSR count). The van der Waals surface area contributed by atoms with Crippen molar-refractivity contribution in [3.05, 3.63) is 53.6 Å². The van der Waals surface area contributed by atoms with Crippen molar-refractivity contribution >= 4 is 17.5 Å². The van der Waals surface area contributed by atoms with E-state index in [-0.39, 0.29) is 17.7 Å². The number of aromatic nitrogens is 2. The normalized spacial score (nSPS) is 15.9. The molecule has 30 heavy (non-hydrogen) atoms. The first kappa shape index (κ1) is 21.9. The first-order valence-corrected chi connectivity index (χ1v) is 10.9. The quantitative estimate of drug-likeness (QED) is 0.731. The molecular weight excluding hydrogens is 376 g/mol. The Labute approximate surface area is 179 Å². The number of carbonyl (C=O) groups is 2. The first-order valence-electron chi connectivity index (χ1n) is 10.9. The number of anilines is 1. The minimum absolute atomic E-state index is 0.0371. The van der Waals surface area contributed by atoms with Gasteiger partial charge in [-0.2, -0.15) is 0 Å². The molecule has 6 heteroatoms. The Balaban J connectivity index is 1.90. The van der Waals surface area contributed by atoms with E-state index in [0.717, 1.165) is 49.2 Å². The Hall–Kier alpha value is -2.76. The molecule has 2 amide bonds. The molecule has 0 N–H and O–H groups in total. The van der Waals surface area contributed by atoms with Crippen molar-refractivity contribution in [1.82, 2.24) is 14.9 Å². The van der Waals surface area contributed by atoms with Gasteiger partial charge in [0.25, 0.3) is 5.91 Å². The molecule has 1 aromatic carbocycles. The zero-order valence-electron chi connectivity index (χ0n) is 18.3. The highest BCUT2D eigenvalue weighted by Gasteiger charge is 2.21. The largest absolute Gasteiger partial charge is 0.334 e. The third kappa shape index (κ3) is 5.43.